The van der Waals surface area contributed by atoms with E-state index in [1.165, 1.54) is 42.4 Å². The van der Waals surface area contributed by atoms with E-state index in [1.807, 2.05) is 26.8 Å². The second-order valence-electron chi connectivity index (χ2n) is 5.98. The third-order valence-corrected chi connectivity index (χ3v) is 3.98. The maximum atomic E-state index is 11.9. The maximum absolute atomic E-state index is 11.9. The molecule has 0 atom stereocenters. The van der Waals surface area contributed by atoms with Gasteiger partial charge in [0.05, 0.1) is 0 Å². The van der Waals surface area contributed by atoms with E-state index in [-0.39, 0.29) is 5.78 Å². The zero-order valence-corrected chi connectivity index (χ0v) is 16.1. The monoisotopic (exact) mass is 316 g/mol. The number of hydrogen-bond acceptors (Lipinski definition) is 1. The van der Waals surface area contributed by atoms with Gasteiger partial charge in [-0.15, -0.1) is 0 Å². The lowest BCUT2D eigenvalue weighted by atomic mass is 9.85. The van der Waals surface area contributed by atoms with Crippen molar-refractivity contribution in [3.05, 3.63) is 47.0 Å². The van der Waals surface area contributed by atoms with Crippen molar-refractivity contribution in [3.8, 4) is 0 Å². The van der Waals surface area contributed by atoms with Crippen molar-refractivity contribution < 1.29 is 4.79 Å². The maximum Gasteiger partial charge on any atom is 0.155 e. The van der Waals surface area contributed by atoms with Crippen molar-refractivity contribution in [3.63, 3.8) is 0 Å². The number of allylic oxidation sites excluding steroid dienone is 2. The fraction of sp³-hybridized carbons (Fsp3) is 0.591. The molecule has 1 aromatic carbocycles. The summed E-state index contributed by atoms with van der Waals surface area (Å²) in [7, 11) is 0. The largest absolute Gasteiger partial charge is 0.295 e. The number of benzene rings is 1. The van der Waals surface area contributed by atoms with Crippen molar-refractivity contribution in [2.24, 2.45) is 5.92 Å². The highest BCUT2D eigenvalue weighted by atomic mass is 16.1. The van der Waals surface area contributed by atoms with Crippen molar-refractivity contribution >= 4 is 5.78 Å². The predicted molar refractivity (Wildman–Crippen MR) is 103 cm³/mol. The lowest BCUT2D eigenvalue weighted by Crippen LogP contribution is -2.09. The highest BCUT2D eigenvalue weighted by molar-refractivity contribution is 5.90. The van der Waals surface area contributed by atoms with Crippen molar-refractivity contribution in [1.29, 1.82) is 0 Å². The van der Waals surface area contributed by atoms with Crippen LogP contribution in [0.2, 0.25) is 0 Å². The van der Waals surface area contributed by atoms with Crippen LogP contribution in [0.15, 0.2) is 35.9 Å². The molecule has 130 valence electrons. The molecule has 1 heteroatoms. The lowest BCUT2D eigenvalue weighted by molar-refractivity contribution is -0.114. The number of rotatable bonds is 9. The molecule has 0 aliphatic carbocycles. The average Bonchev–Trinajstić information content (AvgIpc) is 2.56. The average molecular weight is 317 g/mol. The highest BCUT2D eigenvalue weighted by Crippen LogP contribution is 2.26. The van der Waals surface area contributed by atoms with Crippen LogP contribution in [0.3, 0.4) is 0 Å². The number of hydrogen-bond donors (Lipinski definition) is 0. The fourth-order valence-electron chi connectivity index (χ4n) is 2.89. The van der Waals surface area contributed by atoms with E-state index in [1.54, 1.807) is 0 Å². The lowest BCUT2D eigenvalue weighted by Gasteiger charge is -2.20. The molecular formula is C22H36O. The molecule has 0 aliphatic rings. The third kappa shape index (κ3) is 8.74. The van der Waals surface area contributed by atoms with Crippen LogP contribution in [-0.4, -0.2) is 5.78 Å². The Morgan fingerprint density at radius 1 is 1.09 bits per heavy atom. The molecular weight excluding hydrogens is 280 g/mol. The van der Waals surface area contributed by atoms with E-state index in [2.05, 4.69) is 45.0 Å². The Hall–Kier alpha value is -1.37. The molecule has 0 spiro atoms. The van der Waals surface area contributed by atoms with E-state index in [9.17, 15) is 4.79 Å². The molecule has 0 heterocycles. The van der Waals surface area contributed by atoms with Crippen LogP contribution >= 0.6 is 0 Å². The summed E-state index contributed by atoms with van der Waals surface area (Å²) in [5.41, 5.74) is 3.94. The molecule has 0 saturated heterocycles. The summed E-state index contributed by atoms with van der Waals surface area (Å²) in [6.07, 6.45) is 8.16. The van der Waals surface area contributed by atoms with Gasteiger partial charge < -0.3 is 0 Å². The summed E-state index contributed by atoms with van der Waals surface area (Å²) >= 11 is 0. The van der Waals surface area contributed by atoms with Crippen LogP contribution in [0.5, 0.6) is 0 Å². The topological polar surface area (TPSA) is 17.1 Å². The minimum atomic E-state index is 0.259. The zero-order chi connectivity index (χ0) is 17.7. The van der Waals surface area contributed by atoms with Crippen LogP contribution in [-0.2, 0) is 11.2 Å². The third-order valence-electron chi connectivity index (χ3n) is 3.98. The van der Waals surface area contributed by atoms with Crippen LogP contribution in [0.1, 0.15) is 77.8 Å². The highest BCUT2D eigenvalue weighted by Gasteiger charge is 2.14. The van der Waals surface area contributed by atoms with E-state index >= 15 is 0 Å². The first-order valence-electron chi connectivity index (χ1n) is 9.39. The van der Waals surface area contributed by atoms with Crippen LogP contribution < -0.4 is 0 Å². The van der Waals surface area contributed by atoms with Gasteiger partial charge in [-0.1, -0.05) is 82.9 Å². The van der Waals surface area contributed by atoms with Gasteiger partial charge in [0.1, 0.15) is 0 Å². The van der Waals surface area contributed by atoms with Gasteiger partial charge >= 0.3 is 0 Å². The minimum Gasteiger partial charge on any atom is -0.295 e. The van der Waals surface area contributed by atoms with Gasteiger partial charge in [0.15, 0.2) is 5.78 Å². The van der Waals surface area contributed by atoms with Gasteiger partial charge in [-0.05, 0) is 43.7 Å². The molecule has 0 aliphatic heterocycles. The van der Waals surface area contributed by atoms with Gasteiger partial charge in [0, 0.05) is 6.42 Å². The van der Waals surface area contributed by atoms with Gasteiger partial charge in [-0.2, -0.15) is 0 Å². The second-order valence-corrected chi connectivity index (χ2v) is 5.98. The molecule has 1 aromatic rings. The summed E-state index contributed by atoms with van der Waals surface area (Å²) in [6, 6.07) is 8.64. The van der Waals surface area contributed by atoms with Gasteiger partial charge in [-0.25, -0.2) is 0 Å². The molecule has 23 heavy (non-hydrogen) atoms. The molecule has 0 unspecified atom stereocenters. The predicted octanol–water partition coefficient (Wildman–Crippen LogP) is 6.69. The first-order valence-corrected chi connectivity index (χ1v) is 9.39. The first-order chi connectivity index (χ1) is 11.1. The van der Waals surface area contributed by atoms with E-state index < -0.39 is 0 Å². The van der Waals surface area contributed by atoms with Crippen molar-refractivity contribution in [2.45, 2.75) is 80.1 Å². The molecule has 0 fully saturated rings. The van der Waals surface area contributed by atoms with Crippen LogP contribution in [0.25, 0.3) is 0 Å². The molecule has 0 aromatic heterocycles. The number of aryl methyl sites for hydroxylation is 1. The Bertz CT molecular complexity index is 465. The van der Waals surface area contributed by atoms with E-state index in [0.717, 1.165) is 6.42 Å². The Morgan fingerprint density at radius 3 is 2.17 bits per heavy atom. The molecule has 0 radical (unpaired) electrons. The molecule has 0 saturated carbocycles. The molecule has 1 nitrogen and oxygen atoms in total. The molecule has 1 rings (SSSR count). The van der Waals surface area contributed by atoms with E-state index in [4.69, 9.17) is 0 Å². The van der Waals surface area contributed by atoms with Gasteiger partial charge in [0.25, 0.3) is 0 Å². The summed E-state index contributed by atoms with van der Waals surface area (Å²) in [5, 5.41) is 0. The Morgan fingerprint density at radius 2 is 1.70 bits per heavy atom. The number of ketones is 1. The van der Waals surface area contributed by atoms with Gasteiger partial charge in [0.2, 0.25) is 0 Å². The quantitative estimate of drug-likeness (QED) is 0.464. The number of carbonyl (C=O) groups is 1. The Kier molecular flexibility index (Phi) is 12.3. The van der Waals surface area contributed by atoms with Crippen molar-refractivity contribution in [1.82, 2.24) is 0 Å². The number of carbonyl (C=O) groups excluding carboxylic acids is 1. The summed E-state index contributed by atoms with van der Waals surface area (Å²) in [4.78, 5) is 11.9. The Balaban J connectivity index is 0.00000232. The van der Waals surface area contributed by atoms with Gasteiger partial charge in [-0.3, -0.25) is 4.79 Å². The minimum absolute atomic E-state index is 0.259. The zero-order valence-electron chi connectivity index (χ0n) is 16.1. The summed E-state index contributed by atoms with van der Waals surface area (Å²) in [5.74, 6) is 0.811. The smallest absolute Gasteiger partial charge is 0.155 e. The normalized spacial score (nSPS) is 11.2. The molecule has 0 amide bonds. The Labute approximate surface area is 144 Å². The standard InChI is InChI=1S/C20H30O.C2H6/c1-5-9-18(10-6-2)19(15-20(21)7-3)14-17-12-8-11-16(4)13-17;1-2/h8,11-13,15,18H,5-7,9-10,14H2,1-4H3;1-2H3/b19-15-;. The summed E-state index contributed by atoms with van der Waals surface area (Å²) < 4.78 is 0. The van der Waals surface area contributed by atoms with Crippen LogP contribution in [0, 0.1) is 12.8 Å². The fourth-order valence-corrected chi connectivity index (χ4v) is 2.89. The first kappa shape index (κ1) is 21.6. The van der Waals surface area contributed by atoms with E-state index in [0.29, 0.717) is 12.3 Å². The molecule has 0 N–H and O–H groups in total. The SMILES string of the molecule is CC.CCCC(CCC)/C(=C\C(=O)CC)Cc1cccc(C)c1. The summed E-state index contributed by atoms with van der Waals surface area (Å²) in [6.45, 7) is 12.5. The van der Waals surface area contributed by atoms with Crippen LogP contribution in [0.4, 0.5) is 0 Å². The molecule has 0 bridgehead atoms. The second kappa shape index (κ2) is 13.1. The van der Waals surface area contributed by atoms with Crippen molar-refractivity contribution in [2.75, 3.05) is 0 Å².